The summed E-state index contributed by atoms with van der Waals surface area (Å²) in [7, 11) is 0. The number of nitrogens with zero attached hydrogens (tertiary/aromatic N) is 2. The second kappa shape index (κ2) is 5.24. The second-order valence-corrected chi connectivity index (χ2v) is 4.64. The molecular weight excluding hydrogens is 271 g/mol. The van der Waals surface area contributed by atoms with Crippen molar-refractivity contribution in [2.45, 2.75) is 6.54 Å². The summed E-state index contributed by atoms with van der Waals surface area (Å²) in [5.41, 5.74) is 7.95. The molecule has 0 bridgehead atoms. The zero-order chi connectivity index (χ0) is 14.8. The van der Waals surface area contributed by atoms with Gasteiger partial charge in [-0.25, -0.2) is 9.37 Å². The van der Waals surface area contributed by atoms with Crippen LogP contribution >= 0.6 is 0 Å². The molecule has 0 fully saturated rings. The highest BCUT2D eigenvalue weighted by atomic mass is 19.1. The van der Waals surface area contributed by atoms with Crippen molar-refractivity contribution in [1.29, 1.82) is 0 Å². The molecule has 0 saturated carbocycles. The summed E-state index contributed by atoms with van der Waals surface area (Å²) in [5, 5.41) is 2.66. The van der Waals surface area contributed by atoms with Crippen molar-refractivity contribution in [3.8, 4) is 0 Å². The largest absolute Gasteiger partial charge is 0.397 e. The van der Waals surface area contributed by atoms with Crippen LogP contribution in [0.1, 0.15) is 0 Å². The van der Waals surface area contributed by atoms with Crippen LogP contribution in [0.3, 0.4) is 0 Å². The molecule has 106 valence electrons. The zero-order valence-corrected chi connectivity index (χ0v) is 11.1. The van der Waals surface area contributed by atoms with E-state index in [1.54, 1.807) is 10.9 Å². The predicted molar refractivity (Wildman–Crippen MR) is 79.2 cm³/mol. The third-order valence-corrected chi connectivity index (χ3v) is 3.13. The van der Waals surface area contributed by atoms with Crippen molar-refractivity contribution in [1.82, 2.24) is 9.55 Å². The standard InChI is InChI=1S/C15H13FN4O/c16-10-5-6-12(11(17)7-10)19-15(21)8-20-9-18-13-3-1-2-4-14(13)20/h1-7,9H,8,17H2,(H,19,21). The summed E-state index contributed by atoms with van der Waals surface area (Å²) in [6.45, 7) is 0.108. The van der Waals surface area contributed by atoms with Gasteiger partial charge >= 0.3 is 0 Å². The Hall–Kier alpha value is -2.89. The van der Waals surface area contributed by atoms with Gasteiger partial charge in [-0.15, -0.1) is 0 Å². The third-order valence-electron chi connectivity index (χ3n) is 3.13. The molecule has 21 heavy (non-hydrogen) atoms. The molecule has 0 aliphatic rings. The fraction of sp³-hybridized carbons (Fsp3) is 0.0667. The van der Waals surface area contributed by atoms with E-state index in [-0.39, 0.29) is 18.1 Å². The van der Waals surface area contributed by atoms with Gasteiger partial charge in [0.25, 0.3) is 0 Å². The van der Waals surface area contributed by atoms with Crippen molar-refractivity contribution in [2.24, 2.45) is 0 Å². The predicted octanol–water partition coefficient (Wildman–Crippen LogP) is 2.40. The first-order valence-corrected chi connectivity index (χ1v) is 6.38. The number of nitrogens with one attached hydrogen (secondary N) is 1. The van der Waals surface area contributed by atoms with Gasteiger partial charge in [-0.3, -0.25) is 4.79 Å². The highest BCUT2D eigenvalue weighted by Crippen LogP contribution is 2.19. The third kappa shape index (κ3) is 2.69. The summed E-state index contributed by atoms with van der Waals surface area (Å²) >= 11 is 0. The fourth-order valence-corrected chi connectivity index (χ4v) is 2.13. The van der Waals surface area contributed by atoms with Crippen LogP contribution in [-0.2, 0) is 11.3 Å². The van der Waals surface area contributed by atoms with E-state index in [4.69, 9.17) is 5.73 Å². The van der Waals surface area contributed by atoms with Gasteiger partial charge < -0.3 is 15.6 Å². The molecule has 3 aromatic rings. The number of para-hydroxylation sites is 2. The number of rotatable bonds is 3. The zero-order valence-electron chi connectivity index (χ0n) is 11.1. The highest BCUT2D eigenvalue weighted by molar-refractivity contribution is 5.94. The summed E-state index contributed by atoms with van der Waals surface area (Å²) in [4.78, 5) is 16.3. The van der Waals surface area contributed by atoms with Gasteiger partial charge in [-0.05, 0) is 30.3 Å². The van der Waals surface area contributed by atoms with Gasteiger partial charge in [0.05, 0.1) is 28.7 Å². The minimum Gasteiger partial charge on any atom is -0.397 e. The van der Waals surface area contributed by atoms with E-state index in [2.05, 4.69) is 10.3 Å². The summed E-state index contributed by atoms with van der Waals surface area (Å²) in [6.07, 6.45) is 1.61. The Kier molecular flexibility index (Phi) is 3.27. The number of halogens is 1. The summed E-state index contributed by atoms with van der Waals surface area (Å²) < 4.78 is 14.7. The summed E-state index contributed by atoms with van der Waals surface area (Å²) in [5.74, 6) is -0.692. The topological polar surface area (TPSA) is 72.9 Å². The average Bonchev–Trinajstić information content (AvgIpc) is 2.85. The number of nitrogen functional groups attached to an aromatic ring is 1. The molecular formula is C15H13FN4O. The SMILES string of the molecule is Nc1cc(F)ccc1NC(=O)Cn1cnc2ccccc21. The number of benzene rings is 2. The van der Waals surface area contributed by atoms with Crippen LogP contribution < -0.4 is 11.1 Å². The Bertz CT molecular complexity index is 812. The number of hydrogen-bond acceptors (Lipinski definition) is 3. The normalized spacial score (nSPS) is 10.7. The van der Waals surface area contributed by atoms with E-state index in [0.29, 0.717) is 5.69 Å². The molecule has 0 radical (unpaired) electrons. The monoisotopic (exact) mass is 284 g/mol. The van der Waals surface area contributed by atoms with Crippen molar-refractivity contribution in [3.63, 3.8) is 0 Å². The average molecular weight is 284 g/mol. The van der Waals surface area contributed by atoms with Crippen molar-refractivity contribution < 1.29 is 9.18 Å². The van der Waals surface area contributed by atoms with Crippen LogP contribution in [0.4, 0.5) is 15.8 Å². The van der Waals surface area contributed by atoms with Crippen molar-refractivity contribution in [3.05, 3.63) is 54.6 Å². The molecule has 0 atom stereocenters. The molecule has 0 saturated heterocycles. The number of nitrogens with two attached hydrogens (primary N) is 1. The molecule has 1 amide bonds. The van der Waals surface area contributed by atoms with E-state index in [1.807, 2.05) is 24.3 Å². The lowest BCUT2D eigenvalue weighted by Gasteiger charge is -2.09. The smallest absolute Gasteiger partial charge is 0.244 e. The van der Waals surface area contributed by atoms with Gasteiger partial charge in [0.1, 0.15) is 12.4 Å². The Morgan fingerprint density at radius 1 is 1.29 bits per heavy atom. The quantitative estimate of drug-likeness (QED) is 0.725. The van der Waals surface area contributed by atoms with Gasteiger partial charge in [0.15, 0.2) is 0 Å². The van der Waals surface area contributed by atoms with Crippen LogP contribution in [0.2, 0.25) is 0 Å². The lowest BCUT2D eigenvalue weighted by Crippen LogP contribution is -2.19. The number of aromatic nitrogens is 2. The highest BCUT2D eigenvalue weighted by Gasteiger charge is 2.09. The minimum absolute atomic E-state index is 0.108. The maximum atomic E-state index is 13.0. The number of carbonyl (C=O) groups excluding carboxylic acids is 1. The molecule has 0 aliphatic carbocycles. The Labute approximate surface area is 120 Å². The molecule has 3 rings (SSSR count). The van der Waals surface area contributed by atoms with Gasteiger partial charge in [0, 0.05) is 0 Å². The summed E-state index contributed by atoms with van der Waals surface area (Å²) in [6, 6.07) is 11.4. The van der Waals surface area contributed by atoms with Crippen LogP contribution in [0.25, 0.3) is 11.0 Å². The molecule has 3 N–H and O–H groups in total. The number of anilines is 2. The molecule has 1 heterocycles. The van der Waals surface area contributed by atoms with Gasteiger partial charge in [-0.1, -0.05) is 12.1 Å². The van der Waals surface area contributed by atoms with E-state index in [1.165, 1.54) is 18.2 Å². The van der Waals surface area contributed by atoms with Crippen molar-refractivity contribution >= 4 is 28.3 Å². The molecule has 1 aromatic heterocycles. The van der Waals surface area contributed by atoms with Crippen LogP contribution in [0.5, 0.6) is 0 Å². The Balaban J connectivity index is 1.77. The first-order valence-electron chi connectivity index (χ1n) is 6.38. The molecule has 6 heteroatoms. The number of amides is 1. The van der Waals surface area contributed by atoms with Crippen LogP contribution in [0, 0.1) is 5.82 Å². The number of fused-ring (bicyclic) bond motifs is 1. The number of hydrogen-bond donors (Lipinski definition) is 2. The Morgan fingerprint density at radius 2 is 2.10 bits per heavy atom. The molecule has 5 nitrogen and oxygen atoms in total. The van der Waals surface area contributed by atoms with E-state index in [9.17, 15) is 9.18 Å². The number of carbonyl (C=O) groups is 1. The molecule has 0 spiro atoms. The van der Waals surface area contributed by atoms with E-state index >= 15 is 0 Å². The fourth-order valence-electron chi connectivity index (χ4n) is 2.13. The van der Waals surface area contributed by atoms with E-state index < -0.39 is 5.82 Å². The van der Waals surface area contributed by atoms with Crippen LogP contribution in [0.15, 0.2) is 48.8 Å². The lowest BCUT2D eigenvalue weighted by molar-refractivity contribution is -0.116. The first-order chi connectivity index (χ1) is 10.1. The van der Waals surface area contributed by atoms with Crippen LogP contribution in [-0.4, -0.2) is 15.5 Å². The first kappa shape index (κ1) is 13.1. The van der Waals surface area contributed by atoms with Gasteiger partial charge in [-0.2, -0.15) is 0 Å². The van der Waals surface area contributed by atoms with Crippen molar-refractivity contribution in [2.75, 3.05) is 11.1 Å². The molecule has 0 aliphatic heterocycles. The Morgan fingerprint density at radius 3 is 2.90 bits per heavy atom. The maximum Gasteiger partial charge on any atom is 0.244 e. The molecule has 2 aromatic carbocycles. The van der Waals surface area contributed by atoms with Gasteiger partial charge in [0.2, 0.25) is 5.91 Å². The van der Waals surface area contributed by atoms with E-state index in [0.717, 1.165) is 11.0 Å². The lowest BCUT2D eigenvalue weighted by atomic mass is 10.2. The number of imidazole rings is 1. The minimum atomic E-state index is -0.439. The maximum absolute atomic E-state index is 13.0. The second-order valence-electron chi connectivity index (χ2n) is 4.64. The molecule has 0 unspecified atom stereocenters.